The molecule has 2 atom stereocenters. The molecule has 0 spiro atoms. The maximum Gasteiger partial charge on any atom is 0.0931 e. The largest absolute Gasteiger partial charge is 0.314 e. The first-order chi connectivity index (χ1) is 7.31. The molecule has 1 N–H and O–H groups in total. The Morgan fingerprint density at radius 2 is 2.20 bits per heavy atom. The highest BCUT2D eigenvalue weighted by atomic mass is 35.5. The third kappa shape index (κ3) is 2.74. The monoisotopic (exact) mass is 243 g/mol. The first-order valence-electron chi connectivity index (χ1n) is 5.80. The van der Waals surface area contributed by atoms with E-state index >= 15 is 0 Å². The van der Waals surface area contributed by atoms with E-state index in [9.17, 15) is 0 Å². The zero-order valence-electron chi connectivity index (χ0n) is 9.13. The van der Waals surface area contributed by atoms with Crippen molar-refractivity contribution in [2.75, 3.05) is 6.54 Å². The summed E-state index contributed by atoms with van der Waals surface area (Å²) in [7, 11) is 0. The van der Waals surface area contributed by atoms with Crippen molar-refractivity contribution in [2.24, 2.45) is 0 Å². The van der Waals surface area contributed by atoms with E-state index in [-0.39, 0.29) is 0 Å². The van der Waals surface area contributed by atoms with Gasteiger partial charge in [0.05, 0.1) is 4.34 Å². The van der Waals surface area contributed by atoms with Crippen LogP contribution in [-0.2, 0) is 0 Å². The molecular formula is C12H18ClNS. The van der Waals surface area contributed by atoms with Gasteiger partial charge in [0, 0.05) is 16.8 Å². The van der Waals surface area contributed by atoms with Crippen molar-refractivity contribution in [1.82, 2.24) is 5.32 Å². The molecular weight excluding hydrogens is 226 g/mol. The SMILES string of the molecule is CCNC1CCCCC1c1ccc(Cl)s1. The van der Waals surface area contributed by atoms with Crippen molar-refractivity contribution < 1.29 is 0 Å². The normalized spacial score (nSPS) is 26.8. The number of hydrogen-bond acceptors (Lipinski definition) is 2. The van der Waals surface area contributed by atoms with Crippen molar-refractivity contribution in [2.45, 2.75) is 44.6 Å². The summed E-state index contributed by atoms with van der Waals surface area (Å²) in [6.45, 7) is 3.26. The molecule has 15 heavy (non-hydrogen) atoms. The van der Waals surface area contributed by atoms with Crippen LogP contribution in [0, 0.1) is 0 Å². The molecule has 1 fully saturated rings. The number of rotatable bonds is 3. The molecule has 0 radical (unpaired) electrons. The van der Waals surface area contributed by atoms with Crippen LogP contribution in [0.5, 0.6) is 0 Å². The zero-order chi connectivity index (χ0) is 10.7. The average molecular weight is 244 g/mol. The Balaban J connectivity index is 2.10. The average Bonchev–Trinajstić information content (AvgIpc) is 2.66. The van der Waals surface area contributed by atoms with Gasteiger partial charge in [0.25, 0.3) is 0 Å². The smallest absolute Gasteiger partial charge is 0.0931 e. The molecule has 2 rings (SSSR count). The van der Waals surface area contributed by atoms with Crippen molar-refractivity contribution in [3.8, 4) is 0 Å². The minimum Gasteiger partial charge on any atom is -0.314 e. The van der Waals surface area contributed by atoms with Crippen molar-refractivity contribution in [3.63, 3.8) is 0 Å². The summed E-state index contributed by atoms with van der Waals surface area (Å²) >= 11 is 7.75. The summed E-state index contributed by atoms with van der Waals surface area (Å²) in [5.74, 6) is 0.691. The maximum atomic E-state index is 6.00. The Bertz CT molecular complexity index is 308. The van der Waals surface area contributed by atoms with Gasteiger partial charge in [-0.3, -0.25) is 0 Å². The van der Waals surface area contributed by atoms with Crippen LogP contribution in [-0.4, -0.2) is 12.6 Å². The van der Waals surface area contributed by atoms with Gasteiger partial charge < -0.3 is 5.32 Å². The Hall–Kier alpha value is -0.0500. The summed E-state index contributed by atoms with van der Waals surface area (Å²) in [6.07, 6.45) is 5.36. The fraction of sp³-hybridized carbons (Fsp3) is 0.667. The molecule has 0 amide bonds. The molecule has 0 bridgehead atoms. The Morgan fingerprint density at radius 3 is 2.87 bits per heavy atom. The topological polar surface area (TPSA) is 12.0 Å². The molecule has 1 aromatic heterocycles. The van der Waals surface area contributed by atoms with Crippen LogP contribution < -0.4 is 5.32 Å². The molecule has 1 heterocycles. The van der Waals surface area contributed by atoms with Gasteiger partial charge in [-0.25, -0.2) is 0 Å². The summed E-state index contributed by atoms with van der Waals surface area (Å²) in [5.41, 5.74) is 0. The molecule has 1 saturated carbocycles. The molecule has 0 saturated heterocycles. The van der Waals surface area contributed by atoms with E-state index < -0.39 is 0 Å². The van der Waals surface area contributed by atoms with Crippen LogP contribution in [0.2, 0.25) is 4.34 Å². The number of halogens is 1. The van der Waals surface area contributed by atoms with Crippen molar-refractivity contribution >= 4 is 22.9 Å². The predicted octanol–water partition coefficient (Wildman–Crippen LogP) is 4.04. The van der Waals surface area contributed by atoms with E-state index in [1.165, 1.54) is 30.6 Å². The molecule has 1 nitrogen and oxygen atoms in total. The lowest BCUT2D eigenvalue weighted by Gasteiger charge is -2.31. The lowest BCUT2D eigenvalue weighted by molar-refractivity contribution is 0.336. The Labute approximate surface area is 101 Å². The summed E-state index contributed by atoms with van der Waals surface area (Å²) < 4.78 is 0.922. The number of hydrogen-bond donors (Lipinski definition) is 1. The quantitative estimate of drug-likeness (QED) is 0.845. The van der Waals surface area contributed by atoms with E-state index in [2.05, 4.69) is 18.3 Å². The fourth-order valence-corrected chi connectivity index (χ4v) is 3.77. The van der Waals surface area contributed by atoms with Gasteiger partial charge in [-0.2, -0.15) is 0 Å². The number of nitrogens with one attached hydrogen (secondary N) is 1. The summed E-state index contributed by atoms with van der Waals surface area (Å²) in [5, 5.41) is 3.61. The van der Waals surface area contributed by atoms with Crippen molar-refractivity contribution in [1.29, 1.82) is 0 Å². The standard InChI is InChI=1S/C12H18ClNS/c1-2-14-10-6-4-3-5-9(10)11-7-8-12(13)15-11/h7-10,14H,2-6H2,1H3. The van der Waals surface area contributed by atoms with Gasteiger partial charge in [0.15, 0.2) is 0 Å². The van der Waals surface area contributed by atoms with Crippen LogP contribution in [0.3, 0.4) is 0 Å². The van der Waals surface area contributed by atoms with Gasteiger partial charge in [0.2, 0.25) is 0 Å². The molecule has 2 unspecified atom stereocenters. The molecule has 0 aromatic carbocycles. The minimum absolute atomic E-state index is 0.665. The van der Waals surface area contributed by atoms with Crippen LogP contribution in [0.4, 0.5) is 0 Å². The van der Waals surface area contributed by atoms with Crippen LogP contribution in [0.1, 0.15) is 43.4 Å². The fourth-order valence-electron chi connectivity index (χ4n) is 2.51. The van der Waals surface area contributed by atoms with Gasteiger partial charge >= 0.3 is 0 Å². The first kappa shape index (κ1) is 11.4. The highest BCUT2D eigenvalue weighted by molar-refractivity contribution is 7.16. The minimum atomic E-state index is 0.665. The molecule has 1 aliphatic rings. The second-order valence-electron chi connectivity index (χ2n) is 4.20. The molecule has 84 valence electrons. The van der Waals surface area contributed by atoms with Crippen LogP contribution in [0.25, 0.3) is 0 Å². The van der Waals surface area contributed by atoms with E-state index in [0.717, 1.165) is 10.9 Å². The van der Waals surface area contributed by atoms with E-state index in [4.69, 9.17) is 11.6 Å². The molecule has 1 aliphatic carbocycles. The van der Waals surface area contributed by atoms with E-state index in [1.807, 2.05) is 6.07 Å². The molecule has 3 heteroatoms. The maximum absolute atomic E-state index is 6.00. The Morgan fingerprint density at radius 1 is 1.40 bits per heavy atom. The lowest BCUT2D eigenvalue weighted by Crippen LogP contribution is -2.36. The van der Waals surface area contributed by atoms with E-state index in [0.29, 0.717) is 12.0 Å². The lowest BCUT2D eigenvalue weighted by atomic mass is 9.83. The van der Waals surface area contributed by atoms with Crippen molar-refractivity contribution in [3.05, 3.63) is 21.3 Å². The third-order valence-electron chi connectivity index (χ3n) is 3.19. The second-order valence-corrected chi connectivity index (χ2v) is 5.94. The third-order valence-corrected chi connectivity index (χ3v) is 4.55. The highest BCUT2D eigenvalue weighted by Gasteiger charge is 2.26. The highest BCUT2D eigenvalue weighted by Crippen LogP contribution is 2.37. The van der Waals surface area contributed by atoms with Gasteiger partial charge in [0.1, 0.15) is 0 Å². The summed E-state index contributed by atoms with van der Waals surface area (Å²) in [6, 6.07) is 4.89. The molecule has 1 aromatic rings. The predicted molar refractivity (Wildman–Crippen MR) is 68.0 cm³/mol. The number of thiophene rings is 1. The van der Waals surface area contributed by atoms with Gasteiger partial charge in [-0.1, -0.05) is 31.4 Å². The van der Waals surface area contributed by atoms with E-state index in [1.54, 1.807) is 11.3 Å². The second kappa shape index (κ2) is 5.33. The molecule has 0 aliphatic heterocycles. The van der Waals surface area contributed by atoms with Crippen LogP contribution in [0.15, 0.2) is 12.1 Å². The zero-order valence-corrected chi connectivity index (χ0v) is 10.7. The van der Waals surface area contributed by atoms with Crippen LogP contribution >= 0.6 is 22.9 Å². The number of likely N-dealkylation sites (N-methyl/N-ethyl adjacent to an activating group) is 1. The Kier molecular flexibility index (Phi) is 4.06. The summed E-state index contributed by atoms with van der Waals surface area (Å²) in [4.78, 5) is 1.46. The van der Waals surface area contributed by atoms with Gasteiger partial charge in [-0.05, 0) is 31.5 Å². The first-order valence-corrected chi connectivity index (χ1v) is 6.99. The van der Waals surface area contributed by atoms with Gasteiger partial charge in [-0.15, -0.1) is 11.3 Å².